The van der Waals surface area contributed by atoms with E-state index in [1.165, 1.54) is 70.4 Å². The average Bonchev–Trinajstić information content (AvgIpc) is 2.68. The van der Waals surface area contributed by atoms with Crippen LogP contribution in [0.4, 0.5) is 5.69 Å². The normalized spacial score (nSPS) is 23.8. The average molecular weight is 258 g/mol. The van der Waals surface area contributed by atoms with Crippen LogP contribution in [0.25, 0.3) is 0 Å². The van der Waals surface area contributed by atoms with Gasteiger partial charge in [-0.05, 0) is 69.2 Å². The number of rotatable bonds is 3. The summed E-state index contributed by atoms with van der Waals surface area (Å²) in [5.41, 5.74) is 3.06. The fourth-order valence-corrected chi connectivity index (χ4v) is 3.51. The van der Waals surface area contributed by atoms with Crippen LogP contribution in [0.2, 0.25) is 0 Å². The van der Waals surface area contributed by atoms with Crippen molar-refractivity contribution in [2.24, 2.45) is 5.92 Å². The number of anilines is 1. The number of hydrogen-bond acceptors (Lipinski definition) is 2. The third kappa shape index (κ3) is 3.30. The fourth-order valence-electron chi connectivity index (χ4n) is 3.51. The smallest absolute Gasteiger partial charge is 0.0398 e. The molecule has 104 valence electrons. The monoisotopic (exact) mass is 258 g/mol. The summed E-state index contributed by atoms with van der Waals surface area (Å²) in [7, 11) is 0. The molecule has 1 atom stereocenters. The Kier molecular flexibility index (Phi) is 4.39. The van der Waals surface area contributed by atoms with Gasteiger partial charge in [0.05, 0.1) is 0 Å². The van der Waals surface area contributed by atoms with E-state index in [0.29, 0.717) is 0 Å². The van der Waals surface area contributed by atoms with Gasteiger partial charge >= 0.3 is 0 Å². The molecule has 0 saturated carbocycles. The molecule has 0 aliphatic carbocycles. The summed E-state index contributed by atoms with van der Waals surface area (Å²) in [5.74, 6) is 0.893. The Morgan fingerprint density at radius 2 is 2.11 bits per heavy atom. The summed E-state index contributed by atoms with van der Waals surface area (Å²) in [4.78, 5) is 2.64. The molecule has 1 N–H and O–H groups in total. The van der Waals surface area contributed by atoms with Gasteiger partial charge in [0, 0.05) is 18.8 Å². The molecular weight excluding hydrogens is 232 g/mol. The zero-order valence-electron chi connectivity index (χ0n) is 11.9. The highest BCUT2D eigenvalue weighted by molar-refractivity contribution is 5.54. The molecule has 1 saturated heterocycles. The number of benzene rings is 1. The lowest BCUT2D eigenvalue weighted by Gasteiger charge is -2.29. The molecule has 1 aromatic rings. The molecule has 0 amide bonds. The van der Waals surface area contributed by atoms with E-state index in [1.54, 1.807) is 5.56 Å². The van der Waals surface area contributed by atoms with Crippen LogP contribution < -0.4 is 10.2 Å². The molecule has 3 rings (SSSR count). The van der Waals surface area contributed by atoms with Crippen LogP contribution in [-0.2, 0) is 6.42 Å². The Morgan fingerprint density at radius 1 is 1.16 bits per heavy atom. The number of fused-ring (bicyclic) bond motifs is 1. The minimum Gasteiger partial charge on any atom is -0.371 e. The number of aryl methyl sites for hydroxylation is 1. The van der Waals surface area contributed by atoms with Gasteiger partial charge < -0.3 is 10.2 Å². The maximum Gasteiger partial charge on any atom is 0.0398 e. The Morgan fingerprint density at radius 3 is 3.00 bits per heavy atom. The summed E-state index contributed by atoms with van der Waals surface area (Å²) in [5, 5.41) is 3.54. The molecule has 2 aliphatic heterocycles. The first-order valence-corrected chi connectivity index (χ1v) is 7.97. The van der Waals surface area contributed by atoms with Gasteiger partial charge in [-0.3, -0.25) is 0 Å². The SMILES string of the molecule is c1ccc2c(c1)CCCCN2CCC1CCCNC1. The Hall–Kier alpha value is -1.02. The Balaban J connectivity index is 1.63. The highest BCUT2D eigenvalue weighted by atomic mass is 15.1. The molecule has 0 bridgehead atoms. The molecule has 0 spiro atoms. The Labute approximate surface area is 117 Å². The summed E-state index contributed by atoms with van der Waals surface area (Å²) in [6, 6.07) is 9.02. The van der Waals surface area contributed by atoms with Gasteiger partial charge in [-0.1, -0.05) is 18.2 Å². The molecule has 2 nitrogen and oxygen atoms in total. The zero-order chi connectivity index (χ0) is 12.9. The van der Waals surface area contributed by atoms with Crippen LogP contribution in [0, 0.1) is 5.92 Å². The molecule has 2 aliphatic rings. The van der Waals surface area contributed by atoms with Gasteiger partial charge in [0.25, 0.3) is 0 Å². The van der Waals surface area contributed by atoms with Crippen molar-refractivity contribution < 1.29 is 0 Å². The van der Waals surface area contributed by atoms with Crippen molar-refractivity contribution in [1.82, 2.24) is 5.32 Å². The topological polar surface area (TPSA) is 15.3 Å². The summed E-state index contributed by atoms with van der Waals surface area (Å²) < 4.78 is 0. The zero-order valence-corrected chi connectivity index (χ0v) is 11.9. The highest BCUT2D eigenvalue weighted by Gasteiger charge is 2.17. The maximum absolute atomic E-state index is 3.54. The number of hydrogen-bond donors (Lipinski definition) is 1. The number of para-hydroxylation sites is 1. The predicted octanol–water partition coefficient (Wildman–Crippen LogP) is 3.22. The van der Waals surface area contributed by atoms with Crippen LogP contribution in [-0.4, -0.2) is 26.2 Å². The molecule has 1 fully saturated rings. The van der Waals surface area contributed by atoms with Gasteiger partial charge in [0.1, 0.15) is 0 Å². The third-order valence-corrected chi connectivity index (χ3v) is 4.66. The van der Waals surface area contributed by atoms with E-state index in [2.05, 4.69) is 34.5 Å². The second-order valence-corrected chi connectivity index (χ2v) is 6.07. The van der Waals surface area contributed by atoms with Crippen LogP contribution >= 0.6 is 0 Å². The Bertz CT molecular complexity index is 396. The van der Waals surface area contributed by atoms with Gasteiger partial charge in [0.15, 0.2) is 0 Å². The first-order valence-electron chi connectivity index (χ1n) is 7.97. The van der Waals surface area contributed by atoms with Gasteiger partial charge in [-0.25, -0.2) is 0 Å². The standard InChI is InChI=1S/C17H26N2/c1-2-9-17-16(7-1)8-3-4-12-19(17)13-10-15-6-5-11-18-14-15/h1-2,7,9,15,18H,3-6,8,10-14H2. The van der Waals surface area contributed by atoms with E-state index >= 15 is 0 Å². The van der Waals surface area contributed by atoms with E-state index in [1.807, 2.05) is 0 Å². The largest absolute Gasteiger partial charge is 0.371 e. The second-order valence-electron chi connectivity index (χ2n) is 6.07. The van der Waals surface area contributed by atoms with Gasteiger partial charge in [-0.2, -0.15) is 0 Å². The lowest BCUT2D eigenvalue weighted by Crippen LogP contribution is -2.33. The highest BCUT2D eigenvalue weighted by Crippen LogP contribution is 2.27. The van der Waals surface area contributed by atoms with Gasteiger partial charge in [0.2, 0.25) is 0 Å². The number of nitrogens with one attached hydrogen (secondary N) is 1. The van der Waals surface area contributed by atoms with Crippen molar-refractivity contribution in [3.8, 4) is 0 Å². The number of piperidine rings is 1. The molecule has 1 aromatic carbocycles. The quantitative estimate of drug-likeness (QED) is 0.895. The molecule has 0 radical (unpaired) electrons. The van der Waals surface area contributed by atoms with Crippen molar-refractivity contribution in [1.29, 1.82) is 0 Å². The molecule has 19 heavy (non-hydrogen) atoms. The summed E-state index contributed by atoms with van der Waals surface area (Å²) in [6.45, 7) is 4.94. The van der Waals surface area contributed by atoms with E-state index in [-0.39, 0.29) is 0 Å². The number of nitrogens with zero attached hydrogens (tertiary/aromatic N) is 1. The van der Waals surface area contributed by atoms with E-state index in [4.69, 9.17) is 0 Å². The second kappa shape index (κ2) is 6.42. The minimum absolute atomic E-state index is 0.893. The summed E-state index contributed by atoms with van der Waals surface area (Å²) >= 11 is 0. The van der Waals surface area contributed by atoms with E-state index in [0.717, 1.165) is 5.92 Å². The van der Waals surface area contributed by atoms with Crippen LogP contribution in [0.15, 0.2) is 24.3 Å². The maximum atomic E-state index is 3.54. The molecular formula is C17H26N2. The summed E-state index contributed by atoms with van der Waals surface area (Å²) in [6.07, 6.45) is 8.08. The van der Waals surface area contributed by atoms with Crippen molar-refractivity contribution in [3.05, 3.63) is 29.8 Å². The minimum atomic E-state index is 0.893. The van der Waals surface area contributed by atoms with E-state index < -0.39 is 0 Å². The molecule has 1 unspecified atom stereocenters. The van der Waals surface area contributed by atoms with Crippen LogP contribution in [0.1, 0.15) is 37.7 Å². The van der Waals surface area contributed by atoms with Crippen LogP contribution in [0.3, 0.4) is 0 Å². The van der Waals surface area contributed by atoms with Crippen molar-refractivity contribution >= 4 is 5.69 Å². The van der Waals surface area contributed by atoms with Crippen molar-refractivity contribution in [2.75, 3.05) is 31.1 Å². The fraction of sp³-hybridized carbons (Fsp3) is 0.647. The van der Waals surface area contributed by atoms with Crippen LogP contribution in [0.5, 0.6) is 0 Å². The lowest BCUT2D eigenvalue weighted by atomic mass is 9.96. The predicted molar refractivity (Wildman–Crippen MR) is 81.8 cm³/mol. The van der Waals surface area contributed by atoms with Gasteiger partial charge in [-0.15, -0.1) is 0 Å². The van der Waals surface area contributed by atoms with Crippen molar-refractivity contribution in [3.63, 3.8) is 0 Å². The lowest BCUT2D eigenvalue weighted by molar-refractivity contribution is 0.358. The van der Waals surface area contributed by atoms with Crippen molar-refractivity contribution in [2.45, 2.75) is 38.5 Å². The first kappa shape index (κ1) is 13.0. The molecule has 2 heterocycles. The molecule has 0 aromatic heterocycles. The first-order chi connectivity index (χ1) is 9.43. The van der Waals surface area contributed by atoms with E-state index in [9.17, 15) is 0 Å². The third-order valence-electron chi connectivity index (χ3n) is 4.66. The molecule has 2 heteroatoms.